The van der Waals surface area contributed by atoms with Crippen molar-refractivity contribution in [1.82, 2.24) is 9.38 Å². The van der Waals surface area contributed by atoms with E-state index in [-0.39, 0.29) is 11.4 Å². The van der Waals surface area contributed by atoms with Gasteiger partial charge in [-0.15, -0.1) is 11.3 Å². The van der Waals surface area contributed by atoms with E-state index >= 15 is 0 Å². The number of anilines is 1. The maximum atomic E-state index is 13.1. The Morgan fingerprint density at radius 2 is 2.04 bits per heavy atom. The van der Waals surface area contributed by atoms with Crippen molar-refractivity contribution in [2.24, 2.45) is 0 Å². The highest BCUT2D eigenvalue weighted by Gasteiger charge is 2.14. The van der Waals surface area contributed by atoms with Gasteiger partial charge in [0.1, 0.15) is 5.82 Å². The summed E-state index contributed by atoms with van der Waals surface area (Å²) in [6.45, 7) is 5.57. The van der Waals surface area contributed by atoms with E-state index < -0.39 is 0 Å². The lowest BCUT2D eigenvalue weighted by atomic mass is 10.2. The summed E-state index contributed by atoms with van der Waals surface area (Å²) in [6.07, 6.45) is 0. The molecule has 3 rings (SSSR count). The number of fused-ring (bicyclic) bond motifs is 1. The number of rotatable bonds is 6. The van der Waals surface area contributed by atoms with Crippen LogP contribution in [0, 0.1) is 12.7 Å². The molecule has 0 bridgehead atoms. The highest BCUT2D eigenvalue weighted by atomic mass is 32.1. The third kappa shape index (κ3) is 3.57. The first kappa shape index (κ1) is 17.6. The van der Waals surface area contributed by atoms with Crippen LogP contribution in [0.4, 0.5) is 10.1 Å². The monoisotopic (exact) mass is 361 g/mol. The fraction of sp³-hybridized carbons (Fsp3) is 0.333. The first-order valence-electron chi connectivity index (χ1n) is 8.04. The predicted octanol–water partition coefficient (Wildman–Crippen LogP) is 3.38. The zero-order chi connectivity index (χ0) is 18.0. The highest BCUT2D eigenvalue weighted by molar-refractivity contribution is 7.17. The topological polar surface area (TPSA) is 46.8 Å². The van der Waals surface area contributed by atoms with Crippen LogP contribution >= 0.6 is 11.3 Å². The van der Waals surface area contributed by atoms with Gasteiger partial charge in [-0.1, -0.05) is 0 Å². The zero-order valence-electron chi connectivity index (χ0n) is 14.5. The van der Waals surface area contributed by atoms with Crippen molar-refractivity contribution in [3.8, 4) is 0 Å². The van der Waals surface area contributed by atoms with Gasteiger partial charge < -0.3 is 9.64 Å². The van der Waals surface area contributed by atoms with Gasteiger partial charge in [-0.05, 0) is 38.1 Å². The summed E-state index contributed by atoms with van der Waals surface area (Å²) in [5, 5.41) is 0. The summed E-state index contributed by atoms with van der Waals surface area (Å²) in [5.74, 6) is -0.266. The number of thiazole rings is 1. The third-order valence-corrected chi connectivity index (χ3v) is 5.07. The van der Waals surface area contributed by atoms with E-state index in [1.54, 1.807) is 29.7 Å². The van der Waals surface area contributed by atoms with Crippen LogP contribution in [0.25, 0.3) is 4.96 Å². The van der Waals surface area contributed by atoms with Crippen LogP contribution < -0.4 is 10.5 Å². The van der Waals surface area contributed by atoms with Crippen molar-refractivity contribution < 1.29 is 9.13 Å². The third-order valence-electron chi connectivity index (χ3n) is 4.07. The van der Waals surface area contributed by atoms with E-state index in [4.69, 9.17) is 4.74 Å². The van der Waals surface area contributed by atoms with Crippen molar-refractivity contribution in [3.63, 3.8) is 0 Å². The number of ether oxygens (including phenoxy) is 1. The van der Waals surface area contributed by atoms with E-state index in [1.807, 2.05) is 18.7 Å². The second kappa shape index (κ2) is 7.33. The number of aromatic nitrogens is 2. The molecule has 2 heterocycles. The number of methoxy groups -OCH3 is 1. The summed E-state index contributed by atoms with van der Waals surface area (Å²) in [7, 11) is 1.61. The fourth-order valence-corrected chi connectivity index (χ4v) is 3.79. The van der Waals surface area contributed by atoms with Crippen LogP contribution in [0.3, 0.4) is 0 Å². The van der Waals surface area contributed by atoms with Gasteiger partial charge in [-0.2, -0.15) is 0 Å². The zero-order valence-corrected chi connectivity index (χ0v) is 15.3. The number of hydrogen-bond donors (Lipinski definition) is 0. The summed E-state index contributed by atoms with van der Waals surface area (Å²) in [5.41, 5.74) is 2.33. The predicted molar refractivity (Wildman–Crippen MR) is 97.9 cm³/mol. The molecule has 0 aliphatic rings. The van der Waals surface area contributed by atoms with Crippen molar-refractivity contribution in [2.45, 2.75) is 27.0 Å². The largest absolute Gasteiger partial charge is 0.378 e. The Morgan fingerprint density at radius 1 is 1.32 bits per heavy atom. The summed E-state index contributed by atoms with van der Waals surface area (Å²) >= 11 is 1.48. The molecule has 7 heteroatoms. The van der Waals surface area contributed by atoms with Gasteiger partial charge >= 0.3 is 0 Å². The Kier molecular flexibility index (Phi) is 5.15. The number of halogens is 1. The first-order chi connectivity index (χ1) is 12.0. The molecule has 3 aromatic rings. The fourth-order valence-electron chi connectivity index (χ4n) is 2.79. The van der Waals surface area contributed by atoms with Crippen molar-refractivity contribution in [1.29, 1.82) is 0 Å². The molecule has 0 unspecified atom stereocenters. The molecule has 0 saturated carbocycles. The SMILES string of the molecule is CCN(Cc1cc(=O)n2c(COC)c(C)sc2n1)c1ccc(F)cc1. The van der Waals surface area contributed by atoms with Gasteiger partial charge in [0.05, 0.1) is 24.5 Å². The molecule has 2 aromatic heterocycles. The van der Waals surface area contributed by atoms with Gasteiger partial charge in [-0.3, -0.25) is 9.20 Å². The second-order valence-corrected chi connectivity index (χ2v) is 6.91. The molecule has 5 nitrogen and oxygen atoms in total. The maximum Gasteiger partial charge on any atom is 0.259 e. The van der Waals surface area contributed by atoms with E-state index in [1.165, 1.54) is 23.5 Å². The summed E-state index contributed by atoms with van der Waals surface area (Å²) in [6, 6.07) is 7.89. The summed E-state index contributed by atoms with van der Waals surface area (Å²) < 4.78 is 19.9. The molecule has 0 radical (unpaired) electrons. The standard InChI is InChI=1S/C18H20FN3O2S/c1-4-21(15-7-5-13(19)6-8-15)10-14-9-17(23)22-16(11-24-3)12(2)25-18(22)20-14/h5-9H,4,10-11H2,1-3H3. The lowest BCUT2D eigenvalue weighted by molar-refractivity contribution is 0.180. The minimum Gasteiger partial charge on any atom is -0.378 e. The Balaban J connectivity index is 1.96. The van der Waals surface area contributed by atoms with E-state index in [2.05, 4.69) is 4.98 Å². The maximum absolute atomic E-state index is 13.1. The van der Waals surface area contributed by atoms with Crippen LogP contribution in [0.15, 0.2) is 35.1 Å². The van der Waals surface area contributed by atoms with Crippen LogP contribution in [-0.2, 0) is 17.9 Å². The second-order valence-electron chi connectivity index (χ2n) is 5.73. The lowest BCUT2D eigenvalue weighted by Gasteiger charge is -2.22. The molecule has 0 fully saturated rings. The van der Waals surface area contributed by atoms with Crippen LogP contribution in [0.5, 0.6) is 0 Å². The van der Waals surface area contributed by atoms with Crippen molar-refractivity contribution in [3.05, 3.63) is 62.8 Å². The molecule has 25 heavy (non-hydrogen) atoms. The molecule has 0 amide bonds. The highest BCUT2D eigenvalue weighted by Crippen LogP contribution is 2.22. The number of nitrogens with zero attached hydrogens (tertiary/aromatic N) is 3. The van der Waals surface area contributed by atoms with Crippen LogP contribution in [0.1, 0.15) is 23.2 Å². The van der Waals surface area contributed by atoms with Crippen molar-refractivity contribution >= 4 is 22.0 Å². The lowest BCUT2D eigenvalue weighted by Crippen LogP contribution is -2.25. The minimum atomic E-state index is -0.266. The van der Waals surface area contributed by atoms with Crippen molar-refractivity contribution in [2.75, 3.05) is 18.6 Å². The van der Waals surface area contributed by atoms with E-state index in [0.717, 1.165) is 22.8 Å². The van der Waals surface area contributed by atoms with E-state index in [9.17, 15) is 9.18 Å². The van der Waals surface area contributed by atoms with Crippen LogP contribution in [-0.4, -0.2) is 23.0 Å². The van der Waals surface area contributed by atoms with Gasteiger partial charge in [0.15, 0.2) is 4.96 Å². The first-order valence-corrected chi connectivity index (χ1v) is 8.85. The Hall–Kier alpha value is -2.25. The van der Waals surface area contributed by atoms with Gasteiger partial charge in [0.25, 0.3) is 5.56 Å². The molecule has 0 N–H and O–H groups in total. The average molecular weight is 361 g/mol. The van der Waals surface area contributed by atoms with Gasteiger partial charge in [0.2, 0.25) is 0 Å². The average Bonchev–Trinajstić information content (AvgIpc) is 2.90. The van der Waals surface area contributed by atoms with Gasteiger partial charge in [-0.25, -0.2) is 9.37 Å². The van der Waals surface area contributed by atoms with Gasteiger partial charge in [0, 0.05) is 30.3 Å². The molecule has 0 saturated heterocycles. The summed E-state index contributed by atoms with van der Waals surface area (Å²) in [4.78, 5) is 20.9. The smallest absolute Gasteiger partial charge is 0.259 e. The number of benzene rings is 1. The molecule has 0 aliphatic carbocycles. The Morgan fingerprint density at radius 3 is 2.68 bits per heavy atom. The Labute approximate surface area is 149 Å². The molecule has 0 aliphatic heterocycles. The Bertz CT molecular complexity index is 934. The molecule has 1 aromatic carbocycles. The molecule has 0 spiro atoms. The molecular weight excluding hydrogens is 341 g/mol. The number of aryl methyl sites for hydroxylation is 1. The molecule has 0 atom stereocenters. The molecular formula is C18H20FN3O2S. The molecule has 132 valence electrons. The number of hydrogen-bond acceptors (Lipinski definition) is 5. The van der Waals surface area contributed by atoms with Crippen LogP contribution in [0.2, 0.25) is 0 Å². The quantitative estimate of drug-likeness (QED) is 0.675. The van der Waals surface area contributed by atoms with E-state index in [0.29, 0.717) is 23.8 Å². The minimum absolute atomic E-state index is 0.105. The normalized spacial score (nSPS) is 11.2.